The highest BCUT2D eigenvalue weighted by molar-refractivity contribution is 9.10. The fourth-order valence-corrected chi connectivity index (χ4v) is 3.31. The van der Waals surface area contributed by atoms with E-state index in [1.807, 2.05) is 12.4 Å². The van der Waals surface area contributed by atoms with Gasteiger partial charge in [0.15, 0.2) is 0 Å². The van der Waals surface area contributed by atoms with Crippen LogP contribution in [0.1, 0.15) is 30.0 Å². The summed E-state index contributed by atoms with van der Waals surface area (Å²) < 4.78 is 1.10. The van der Waals surface area contributed by atoms with Crippen LogP contribution in [0.3, 0.4) is 0 Å². The van der Waals surface area contributed by atoms with Crippen molar-refractivity contribution in [2.24, 2.45) is 5.73 Å². The third kappa shape index (κ3) is 2.58. The number of pyridine rings is 1. The van der Waals surface area contributed by atoms with E-state index in [9.17, 15) is 0 Å². The third-order valence-electron chi connectivity index (χ3n) is 3.92. The first-order valence-corrected chi connectivity index (χ1v) is 7.74. The van der Waals surface area contributed by atoms with Crippen LogP contribution in [0.15, 0.2) is 47.2 Å². The van der Waals surface area contributed by atoms with Gasteiger partial charge in [0.25, 0.3) is 0 Å². The minimum atomic E-state index is 0.428. The van der Waals surface area contributed by atoms with E-state index < -0.39 is 0 Å². The number of hydrogen-bond acceptors (Lipinski definition) is 3. The predicted octanol–water partition coefficient (Wildman–Crippen LogP) is 3.64. The van der Waals surface area contributed by atoms with Crippen molar-refractivity contribution in [3.8, 4) is 0 Å². The van der Waals surface area contributed by atoms with Crippen molar-refractivity contribution >= 4 is 21.6 Å². The van der Waals surface area contributed by atoms with Crippen LogP contribution in [0.25, 0.3) is 0 Å². The summed E-state index contributed by atoms with van der Waals surface area (Å²) in [7, 11) is 0. The zero-order chi connectivity index (χ0) is 13.9. The van der Waals surface area contributed by atoms with Gasteiger partial charge in [-0.2, -0.15) is 0 Å². The third-order valence-corrected chi connectivity index (χ3v) is 4.41. The largest absolute Gasteiger partial charge is 0.364 e. The average molecular weight is 332 g/mol. The van der Waals surface area contributed by atoms with Gasteiger partial charge in [-0.15, -0.1) is 0 Å². The van der Waals surface area contributed by atoms with Gasteiger partial charge < -0.3 is 10.6 Å². The van der Waals surface area contributed by atoms with Crippen molar-refractivity contribution in [1.29, 1.82) is 0 Å². The first-order valence-electron chi connectivity index (χ1n) is 6.94. The molecule has 3 nitrogen and oxygen atoms in total. The van der Waals surface area contributed by atoms with E-state index in [1.165, 1.54) is 29.7 Å². The van der Waals surface area contributed by atoms with Gasteiger partial charge in [-0.25, -0.2) is 0 Å². The lowest BCUT2D eigenvalue weighted by molar-refractivity contribution is 0.714. The minimum Gasteiger partial charge on any atom is -0.364 e. The molecular weight excluding hydrogens is 314 g/mol. The molecule has 1 aromatic carbocycles. The molecule has 0 saturated carbocycles. The Kier molecular flexibility index (Phi) is 4.03. The summed E-state index contributed by atoms with van der Waals surface area (Å²) in [5, 5.41) is 0. The Hall–Kier alpha value is -1.39. The van der Waals surface area contributed by atoms with Crippen LogP contribution < -0.4 is 10.6 Å². The van der Waals surface area contributed by atoms with Gasteiger partial charge in [0.1, 0.15) is 0 Å². The van der Waals surface area contributed by atoms with Crippen LogP contribution >= 0.6 is 15.9 Å². The first kappa shape index (κ1) is 13.6. The van der Waals surface area contributed by atoms with Crippen LogP contribution in [0.5, 0.6) is 0 Å². The summed E-state index contributed by atoms with van der Waals surface area (Å²) >= 11 is 3.57. The number of halogens is 1. The lowest BCUT2D eigenvalue weighted by Crippen LogP contribution is -2.24. The number of aromatic nitrogens is 1. The molecule has 1 saturated heterocycles. The molecule has 2 N–H and O–H groups in total. The van der Waals surface area contributed by atoms with Gasteiger partial charge in [-0.05, 0) is 48.2 Å². The van der Waals surface area contributed by atoms with E-state index in [-0.39, 0.29) is 0 Å². The Bertz CT molecular complexity index is 586. The van der Waals surface area contributed by atoms with Crippen molar-refractivity contribution in [3.63, 3.8) is 0 Å². The summed E-state index contributed by atoms with van der Waals surface area (Å²) in [6.45, 7) is 1.65. The lowest BCUT2D eigenvalue weighted by atomic mass is 10.0. The Morgan fingerprint density at radius 3 is 2.80 bits per heavy atom. The normalized spacial score (nSPS) is 18.5. The van der Waals surface area contributed by atoms with Gasteiger partial charge >= 0.3 is 0 Å². The monoisotopic (exact) mass is 331 g/mol. The lowest BCUT2D eigenvalue weighted by Gasteiger charge is -2.29. The molecule has 3 rings (SSSR count). The minimum absolute atomic E-state index is 0.428. The molecule has 20 heavy (non-hydrogen) atoms. The van der Waals surface area contributed by atoms with E-state index in [2.05, 4.69) is 56.1 Å². The second-order valence-electron chi connectivity index (χ2n) is 5.11. The quantitative estimate of drug-likeness (QED) is 0.933. The summed E-state index contributed by atoms with van der Waals surface area (Å²) in [4.78, 5) is 6.59. The summed E-state index contributed by atoms with van der Waals surface area (Å²) in [6.07, 6.45) is 6.14. The molecule has 0 amide bonds. The molecule has 1 fully saturated rings. The van der Waals surface area contributed by atoms with Crippen molar-refractivity contribution < 1.29 is 0 Å². The molecule has 0 spiro atoms. The standard InChI is InChI=1S/C16H18BrN3/c17-14-4-3-13(11-18)16(10-14)20-9-1-2-15(20)12-5-7-19-8-6-12/h3-8,10,15H,1-2,9,11,18H2. The molecule has 0 bridgehead atoms. The maximum Gasteiger partial charge on any atom is 0.0544 e. The Balaban J connectivity index is 1.99. The van der Waals surface area contributed by atoms with Gasteiger partial charge in [-0.3, -0.25) is 4.98 Å². The Morgan fingerprint density at radius 2 is 2.05 bits per heavy atom. The molecule has 1 unspecified atom stereocenters. The molecule has 2 heterocycles. The van der Waals surface area contributed by atoms with Gasteiger partial charge in [0, 0.05) is 35.6 Å². The van der Waals surface area contributed by atoms with Crippen LogP contribution in [-0.2, 0) is 6.54 Å². The van der Waals surface area contributed by atoms with Crippen molar-refractivity contribution in [2.75, 3.05) is 11.4 Å². The number of rotatable bonds is 3. The van der Waals surface area contributed by atoms with Crippen molar-refractivity contribution in [3.05, 3.63) is 58.3 Å². The zero-order valence-corrected chi connectivity index (χ0v) is 12.9. The summed E-state index contributed by atoms with van der Waals surface area (Å²) in [5.74, 6) is 0. The van der Waals surface area contributed by atoms with Crippen LogP contribution in [0.2, 0.25) is 0 Å². The zero-order valence-electron chi connectivity index (χ0n) is 11.3. The number of hydrogen-bond donors (Lipinski definition) is 1. The van der Waals surface area contributed by atoms with E-state index in [0.717, 1.165) is 11.0 Å². The number of nitrogens with zero attached hydrogens (tertiary/aromatic N) is 2. The number of nitrogens with two attached hydrogens (primary N) is 1. The van der Waals surface area contributed by atoms with Crippen molar-refractivity contribution in [1.82, 2.24) is 4.98 Å². The van der Waals surface area contributed by atoms with Crippen molar-refractivity contribution in [2.45, 2.75) is 25.4 Å². The highest BCUT2D eigenvalue weighted by Crippen LogP contribution is 2.38. The molecule has 1 aromatic heterocycles. The van der Waals surface area contributed by atoms with Crippen LogP contribution in [0, 0.1) is 0 Å². The molecular formula is C16H18BrN3. The summed E-state index contributed by atoms with van der Waals surface area (Å²) in [6, 6.07) is 11.0. The molecule has 0 radical (unpaired) electrons. The predicted molar refractivity (Wildman–Crippen MR) is 85.6 cm³/mol. The van der Waals surface area contributed by atoms with Gasteiger partial charge in [0.2, 0.25) is 0 Å². The van der Waals surface area contributed by atoms with E-state index in [4.69, 9.17) is 5.73 Å². The second-order valence-corrected chi connectivity index (χ2v) is 6.02. The first-order chi connectivity index (χ1) is 9.79. The second kappa shape index (κ2) is 5.94. The summed E-state index contributed by atoms with van der Waals surface area (Å²) in [5.41, 5.74) is 9.69. The van der Waals surface area contributed by atoms with E-state index >= 15 is 0 Å². The average Bonchev–Trinajstić information content (AvgIpc) is 2.97. The Labute approximate surface area is 127 Å². The topological polar surface area (TPSA) is 42.1 Å². The number of benzene rings is 1. The molecule has 1 aliphatic rings. The smallest absolute Gasteiger partial charge is 0.0544 e. The highest BCUT2D eigenvalue weighted by atomic mass is 79.9. The maximum atomic E-state index is 5.90. The fourth-order valence-electron chi connectivity index (χ4n) is 2.96. The fraction of sp³-hybridized carbons (Fsp3) is 0.312. The molecule has 0 aliphatic carbocycles. The van der Waals surface area contributed by atoms with Crippen LogP contribution in [0.4, 0.5) is 5.69 Å². The maximum absolute atomic E-state index is 5.90. The molecule has 2 aromatic rings. The van der Waals surface area contributed by atoms with Gasteiger partial charge in [-0.1, -0.05) is 22.0 Å². The highest BCUT2D eigenvalue weighted by Gasteiger charge is 2.27. The molecule has 1 atom stereocenters. The molecule has 4 heteroatoms. The van der Waals surface area contributed by atoms with E-state index in [1.54, 1.807) is 0 Å². The van der Waals surface area contributed by atoms with Gasteiger partial charge in [0.05, 0.1) is 6.04 Å². The van der Waals surface area contributed by atoms with E-state index in [0.29, 0.717) is 12.6 Å². The Morgan fingerprint density at radius 1 is 1.25 bits per heavy atom. The van der Waals surface area contributed by atoms with Crippen LogP contribution in [-0.4, -0.2) is 11.5 Å². The molecule has 104 valence electrons. The SMILES string of the molecule is NCc1ccc(Br)cc1N1CCCC1c1ccncc1. The molecule has 1 aliphatic heterocycles. The number of anilines is 1.